The van der Waals surface area contributed by atoms with Gasteiger partial charge in [-0.25, -0.2) is 0 Å². The maximum atomic E-state index is 11.4. The van der Waals surface area contributed by atoms with Gasteiger partial charge in [0.2, 0.25) is 0 Å². The smallest absolute Gasteiger partial charge is 0.324 e. The molecule has 1 aliphatic heterocycles. The van der Waals surface area contributed by atoms with E-state index in [1.807, 2.05) is 0 Å². The Hall–Kier alpha value is 0.350. The molecule has 1 atom stereocenters. The fraction of sp³-hybridized carbons (Fsp3) is 0.667. The first-order chi connectivity index (χ1) is 7.16. The molecule has 94 valence electrons. The maximum Gasteiger partial charge on any atom is 0.333 e. The van der Waals surface area contributed by atoms with E-state index in [4.69, 9.17) is 9.79 Å². The molecule has 10 heteroatoms. The molecule has 0 spiro atoms. The number of rotatable bonds is 3. The average Bonchev–Trinajstić information content (AvgIpc) is 2.26. The Morgan fingerprint density at radius 2 is 1.94 bits per heavy atom. The number of allylic oxidation sites excluding steroid dienone is 1. The standard InChI is InChI=1S/C6H13NO6P2S/c8-14(9,10)5-6(15(11,12)13)2-1-3-16-7-4-6/h1,3,7H,2,4-5H2,(H2,8,9,10)(H2,11,12,13). The second-order valence-electron chi connectivity index (χ2n) is 3.61. The zero-order chi connectivity index (χ0) is 12.4. The van der Waals surface area contributed by atoms with Crippen molar-refractivity contribution in [3.8, 4) is 0 Å². The minimum absolute atomic E-state index is 0.0671. The summed E-state index contributed by atoms with van der Waals surface area (Å²) in [5.74, 6) is 0. The van der Waals surface area contributed by atoms with Crippen molar-refractivity contribution >= 4 is 27.1 Å². The van der Waals surface area contributed by atoms with Crippen LogP contribution in [0.1, 0.15) is 6.42 Å². The van der Waals surface area contributed by atoms with Gasteiger partial charge >= 0.3 is 15.2 Å². The first-order valence-electron chi connectivity index (χ1n) is 4.30. The third-order valence-corrected chi connectivity index (χ3v) is 5.91. The SMILES string of the molecule is O=P(O)(O)CC1(P(=O)(O)O)CC=CSNC1. The molecule has 1 aliphatic rings. The van der Waals surface area contributed by atoms with Gasteiger partial charge in [0.1, 0.15) is 5.16 Å². The first-order valence-corrected chi connectivity index (χ1v) is 8.59. The van der Waals surface area contributed by atoms with Gasteiger partial charge in [-0.1, -0.05) is 18.0 Å². The van der Waals surface area contributed by atoms with Crippen molar-refractivity contribution in [1.82, 2.24) is 4.72 Å². The summed E-state index contributed by atoms with van der Waals surface area (Å²) in [5.41, 5.74) is 0. The molecule has 0 aliphatic carbocycles. The van der Waals surface area contributed by atoms with Crippen LogP contribution in [0.3, 0.4) is 0 Å². The monoisotopic (exact) mass is 289 g/mol. The molecular formula is C6H13NO6P2S. The van der Waals surface area contributed by atoms with E-state index in [2.05, 4.69) is 4.72 Å². The Labute approximate surface area is 96.8 Å². The van der Waals surface area contributed by atoms with Gasteiger partial charge in [0, 0.05) is 6.54 Å². The van der Waals surface area contributed by atoms with E-state index in [9.17, 15) is 18.9 Å². The van der Waals surface area contributed by atoms with Crippen molar-refractivity contribution in [3.05, 3.63) is 11.5 Å². The van der Waals surface area contributed by atoms with Gasteiger partial charge in [-0.2, -0.15) is 0 Å². The lowest BCUT2D eigenvalue weighted by molar-refractivity contribution is 0.315. The predicted molar refractivity (Wildman–Crippen MR) is 61.0 cm³/mol. The normalized spacial score (nSPS) is 27.8. The molecule has 0 radical (unpaired) electrons. The Bertz CT molecular complexity index is 375. The second kappa shape index (κ2) is 4.92. The summed E-state index contributed by atoms with van der Waals surface area (Å²) in [5, 5.41) is -0.136. The molecule has 1 heterocycles. The number of nitrogens with one attached hydrogen (secondary N) is 1. The van der Waals surface area contributed by atoms with Gasteiger partial charge in [0.05, 0.1) is 6.16 Å². The van der Waals surface area contributed by atoms with Gasteiger partial charge in [-0.05, 0) is 11.8 Å². The van der Waals surface area contributed by atoms with Gasteiger partial charge in [-0.15, -0.1) is 0 Å². The molecule has 1 unspecified atom stereocenters. The Kier molecular flexibility index (Phi) is 4.43. The highest BCUT2D eigenvalue weighted by molar-refractivity contribution is 8.00. The van der Waals surface area contributed by atoms with Crippen LogP contribution in [0.25, 0.3) is 0 Å². The lowest BCUT2D eigenvalue weighted by atomic mass is 10.1. The Morgan fingerprint density at radius 1 is 1.31 bits per heavy atom. The molecule has 0 aromatic carbocycles. The molecule has 0 saturated heterocycles. The van der Waals surface area contributed by atoms with Crippen LogP contribution in [-0.4, -0.2) is 37.4 Å². The molecule has 0 aromatic heterocycles. The quantitative estimate of drug-likeness (QED) is 0.369. The van der Waals surface area contributed by atoms with Gasteiger partial charge in [0.15, 0.2) is 0 Å². The molecule has 0 amide bonds. The number of hydrogen-bond acceptors (Lipinski definition) is 4. The minimum Gasteiger partial charge on any atom is -0.324 e. The lowest BCUT2D eigenvalue weighted by Gasteiger charge is -2.32. The van der Waals surface area contributed by atoms with Crippen LogP contribution >= 0.6 is 27.1 Å². The summed E-state index contributed by atoms with van der Waals surface area (Å²) in [6.07, 6.45) is 0.601. The van der Waals surface area contributed by atoms with Gasteiger partial charge < -0.3 is 19.6 Å². The largest absolute Gasteiger partial charge is 0.333 e. The van der Waals surface area contributed by atoms with Crippen molar-refractivity contribution < 1.29 is 28.7 Å². The van der Waals surface area contributed by atoms with Crippen LogP contribution in [0.2, 0.25) is 0 Å². The summed E-state index contributed by atoms with van der Waals surface area (Å²) in [4.78, 5) is 36.3. The molecule has 16 heavy (non-hydrogen) atoms. The molecule has 0 aromatic rings. The average molecular weight is 289 g/mol. The van der Waals surface area contributed by atoms with Crippen LogP contribution in [0.4, 0.5) is 0 Å². The van der Waals surface area contributed by atoms with Gasteiger partial charge in [-0.3, -0.25) is 13.9 Å². The van der Waals surface area contributed by atoms with Crippen LogP contribution in [-0.2, 0) is 9.13 Å². The number of hydrogen-bond donors (Lipinski definition) is 5. The van der Waals surface area contributed by atoms with Crippen molar-refractivity contribution in [1.29, 1.82) is 0 Å². The molecular weight excluding hydrogens is 276 g/mol. The highest BCUT2D eigenvalue weighted by Crippen LogP contribution is 2.58. The van der Waals surface area contributed by atoms with Crippen LogP contribution in [0.15, 0.2) is 11.5 Å². The highest BCUT2D eigenvalue weighted by Gasteiger charge is 2.50. The Morgan fingerprint density at radius 3 is 2.44 bits per heavy atom. The topological polar surface area (TPSA) is 127 Å². The van der Waals surface area contributed by atoms with E-state index in [-0.39, 0.29) is 13.0 Å². The third kappa shape index (κ3) is 3.68. The summed E-state index contributed by atoms with van der Waals surface area (Å²) in [7, 11) is -9.11. The van der Waals surface area contributed by atoms with Crippen LogP contribution in [0, 0.1) is 0 Å². The summed E-state index contributed by atoms with van der Waals surface area (Å²) in [6.45, 7) is -0.153. The van der Waals surface area contributed by atoms with Crippen molar-refractivity contribution in [2.45, 2.75) is 11.6 Å². The zero-order valence-corrected chi connectivity index (χ0v) is 10.8. The van der Waals surface area contributed by atoms with Crippen LogP contribution in [0.5, 0.6) is 0 Å². The molecule has 0 fully saturated rings. The van der Waals surface area contributed by atoms with E-state index < -0.39 is 26.5 Å². The van der Waals surface area contributed by atoms with E-state index in [1.165, 1.54) is 6.08 Å². The first kappa shape index (κ1) is 14.4. The van der Waals surface area contributed by atoms with Gasteiger partial charge in [0.25, 0.3) is 0 Å². The van der Waals surface area contributed by atoms with E-state index in [1.54, 1.807) is 5.41 Å². The molecule has 7 nitrogen and oxygen atoms in total. The predicted octanol–water partition coefficient (Wildman–Crippen LogP) is 0.236. The van der Waals surface area contributed by atoms with E-state index >= 15 is 0 Å². The van der Waals surface area contributed by atoms with Crippen molar-refractivity contribution in [2.75, 3.05) is 12.7 Å². The molecule has 0 bridgehead atoms. The van der Waals surface area contributed by atoms with Crippen molar-refractivity contribution in [2.24, 2.45) is 0 Å². The summed E-state index contributed by atoms with van der Waals surface area (Å²) in [6, 6.07) is 0. The summed E-state index contributed by atoms with van der Waals surface area (Å²) < 4.78 is 25.0. The van der Waals surface area contributed by atoms with E-state index in [0.29, 0.717) is 0 Å². The summed E-state index contributed by atoms with van der Waals surface area (Å²) >= 11 is 1.13. The Balaban J connectivity index is 3.06. The second-order valence-corrected chi connectivity index (χ2v) is 8.08. The zero-order valence-electron chi connectivity index (χ0n) is 8.18. The fourth-order valence-corrected chi connectivity index (χ4v) is 5.11. The maximum absolute atomic E-state index is 11.4. The fourth-order valence-electron chi connectivity index (χ4n) is 1.43. The molecule has 5 N–H and O–H groups in total. The molecule has 1 rings (SSSR count). The minimum atomic E-state index is -4.62. The van der Waals surface area contributed by atoms with Crippen molar-refractivity contribution in [3.63, 3.8) is 0 Å². The van der Waals surface area contributed by atoms with Crippen LogP contribution < -0.4 is 4.72 Å². The lowest BCUT2D eigenvalue weighted by Crippen LogP contribution is -2.40. The third-order valence-electron chi connectivity index (χ3n) is 2.26. The highest BCUT2D eigenvalue weighted by atomic mass is 32.2. The van der Waals surface area contributed by atoms with E-state index in [0.717, 1.165) is 11.9 Å². The molecule has 0 saturated carbocycles.